The van der Waals surface area contributed by atoms with Gasteiger partial charge in [0.25, 0.3) is 0 Å². The van der Waals surface area contributed by atoms with Crippen LogP contribution in [0.3, 0.4) is 0 Å². The fraction of sp³-hybridized carbons (Fsp3) is 0.231. The van der Waals surface area contributed by atoms with E-state index in [4.69, 9.17) is 22.1 Å². The van der Waals surface area contributed by atoms with Crippen LogP contribution in [0.2, 0.25) is 5.02 Å². The Morgan fingerprint density at radius 2 is 2.11 bits per heavy atom. The molecule has 4 nitrogen and oxygen atoms in total. The van der Waals surface area contributed by atoms with Gasteiger partial charge in [0.1, 0.15) is 17.0 Å². The summed E-state index contributed by atoms with van der Waals surface area (Å²) in [7, 11) is 0. The zero-order valence-corrected chi connectivity index (χ0v) is 12.2. The highest BCUT2D eigenvalue weighted by Crippen LogP contribution is 2.34. The maximum absolute atomic E-state index is 6.01. The second-order valence-electron chi connectivity index (χ2n) is 4.12. The molecule has 0 bridgehead atoms. The largest absolute Gasteiger partial charge is 0.473 e. The van der Waals surface area contributed by atoms with E-state index in [0.29, 0.717) is 21.6 Å². The molecule has 0 aliphatic carbocycles. The van der Waals surface area contributed by atoms with Crippen molar-refractivity contribution >= 4 is 29.1 Å². The lowest BCUT2D eigenvalue weighted by Crippen LogP contribution is -2.09. The molecule has 0 amide bonds. The lowest BCUT2D eigenvalue weighted by Gasteiger charge is -2.12. The molecule has 0 aliphatic heterocycles. The first kappa shape index (κ1) is 14.0. The van der Waals surface area contributed by atoms with Crippen molar-refractivity contribution in [1.82, 2.24) is 9.97 Å². The molecule has 0 radical (unpaired) electrons. The molecule has 2 rings (SSSR count). The summed E-state index contributed by atoms with van der Waals surface area (Å²) in [5.41, 5.74) is 6.46. The van der Waals surface area contributed by atoms with Crippen LogP contribution in [0.1, 0.15) is 13.8 Å². The predicted octanol–water partition coefficient (Wildman–Crippen LogP) is 3.65. The summed E-state index contributed by atoms with van der Waals surface area (Å²) < 4.78 is 5.53. The minimum atomic E-state index is 0.0150. The third-order valence-electron chi connectivity index (χ3n) is 2.17. The Hall–Kier alpha value is -1.46. The number of nitrogens with zero attached hydrogens (tertiary/aromatic N) is 2. The van der Waals surface area contributed by atoms with Crippen LogP contribution in [0.4, 0.5) is 5.69 Å². The van der Waals surface area contributed by atoms with Crippen molar-refractivity contribution in [2.45, 2.75) is 29.9 Å². The number of nitrogens with two attached hydrogens (primary N) is 1. The summed E-state index contributed by atoms with van der Waals surface area (Å²) in [6.45, 7) is 3.84. The number of ether oxygens (including phenoxy) is 1. The Balaban J connectivity index is 2.25. The lowest BCUT2D eigenvalue weighted by molar-refractivity contribution is 0.233. The molecule has 0 atom stereocenters. The van der Waals surface area contributed by atoms with Gasteiger partial charge in [-0.15, -0.1) is 0 Å². The van der Waals surface area contributed by atoms with Crippen molar-refractivity contribution in [2.24, 2.45) is 0 Å². The van der Waals surface area contributed by atoms with Crippen LogP contribution in [-0.2, 0) is 0 Å². The quantitative estimate of drug-likeness (QED) is 0.872. The SMILES string of the molecule is CC(C)Oc1ncnc(Sc2cccc(Cl)c2)c1N. The van der Waals surface area contributed by atoms with Crippen molar-refractivity contribution in [3.8, 4) is 5.88 Å². The fourth-order valence-electron chi connectivity index (χ4n) is 1.40. The highest BCUT2D eigenvalue weighted by molar-refractivity contribution is 7.99. The summed E-state index contributed by atoms with van der Waals surface area (Å²) in [4.78, 5) is 9.18. The summed E-state index contributed by atoms with van der Waals surface area (Å²) in [6.07, 6.45) is 1.46. The van der Waals surface area contributed by atoms with Crippen molar-refractivity contribution < 1.29 is 4.74 Å². The topological polar surface area (TPSA) is 61.0 Å². The van der Waals surface area contributed by atoms with Gasteiger partial charge in [-0.05, 0) is 32.0 Å². The van der Waals surface area contributed by atoms with E-state index in [-0.39, 0.29) is 6.10 Å². The van der Waals surface area contributed by atoms with Crippen molar-refractivity contribution in [3.63, 3.8) is 0 Å². The van der Waals surface area contributed by atoms with Crippen LogP contribution >= 0.6 is 23.4 Å². The first-order valence-corrected chi connectivity index (χ1v) is 6.96. The number of hydrogen-bond donors (Lipinski definition) is 1. The predicted molar refractivity (Wildman–Crippen MR) is 77.8 cm³/mol. The molecule has 2 N–H and O–H groups in total. The van der Waals surface area contributed by atoms with E-state index in [0.717, 1.165) is 4.90 Å². The van der Waals surface area contributed by atoms with Gasteiger partial charge < -0.3 is 10.5 Å². The Bertz CT molecular complexity index is 578. The Morgan fingerprint density at radius 3 is 2.79 bits per heavy atom. The van der Waals surface area contributed by atoms with Crippen LogP contribution in [-0.4, -0.2) is 16.1 Å². The van der Waals surface area contributed by atoms with Crippen molar-refractivity contribution in [2.75, 3.05) is 5.73 Å². The number of rotatable bonds is 4. The van der Waals surface area contributed by atoms with E-state index in [1.165, 1.54) is 18.1 Å². The Kier molecular flexibility index (Phi) is 4.50. The second-order valence-corrected chi connectivity index (χ2v) is 5.62. The second kappa shape index (κ2) is 6.12. The molecule has 0 aliphatic rings. The maximum Gasteiger partial charge on any atom is 0.241 e. The third-order valence-corrected chi connectivity index (χ3v) is 3.41. The standard InChI is InChI=1S/C13H14ClN3OS/c1-8(2)18-12-11(15)13(17-7-16-12)19-10-5-3-4-9(14)6-10/h3-8H,15H2,1-2H3. The minimum Gasteiger partial charge on any atom is -0.473 e. The van der Waals surface area contributed by atoms with E-state index < -0.39 is 0 Å². The first-order chi connectivity index (χ1) is 9.06. The van der Waals surface area contributed by atoms with Crippen molar-refractivity contribution in [3.05, 3.63) is 35.6 Å². The number of benzene rings is 1. The molecular formula is C13H14ClN3OS. The van der Waals surface area contributed by atoms with E-state index >= 15 is 0 Å². The fourth-order valence-corrected chi connectivity index (χ4v) is 2.51. The van der Waals surface area contributed by atoms with Crippen LogP contribution < -0.4 is 10.5 Å². The summed E-state index contributed by atoms with van der Waals surface area (Å²) in [5.74, 6) is 0.412. The molecule has 0 unspecified atom stereocenters. The Morgan fingerprint density at radius 1 is 1.32 bits per heavy atom. The summed E-state index contributed by atoms with van der Waals surface area (Å²) >= 11 is 7.38. The molecule has 2 aromatic rings. The molecule has 0 fully saturated rings. The third kappa shape index (κ3) is 3.75. The van der Waals surface area contributed by atoms with Crippen LogP contribution in [0, 0.1) is 0 Å². The van der Waals surface area contributed by atoms with Gasteiger partial charge in [0.2, 0.25) is 5.88 Å². The number of nitrogen functional groups attached to an aromatic ring is 1. The average Bonchev–Trinajstić information content (AvgIpc) is 2.34. The van der Waals surface area contributed by atoms with Crippen LogP contribution in [0.25, 0.3) is 0 Å². The molecule has 0 spiro atoms. The smallest absolute Gasteiger partial charge is 0.241 e. The van der Waals surface area contributed by atoms with E-state index in [1.54, 1.807) is 0 Å². The summed E-state index contributed by atoms with van der Waals surface area (Å²) in [6, 6.07) is 7.51. The molecule has 1 aromatic heterocycles. The molecule has 6 heteroatoms. The maximum atomic E-state index is 6.01. The van der Waals surface area contributed by atoms with Gasteiger partial charge in [0.05, 0.1) is 6.10 Å². The molecule has 100 valence electrons. The number of halogens is 1. The van der Waals surface area contributed by atoms with Gasteiger partial charge in [-0.25, -0.2) is 4.98 Å². The molecule has 1 aromatic carbocycles. The van der Waals surface area contributed by atoms with Crippen LogP contribution in [0.5, 0.6) is 5.88 Å². The highest BCUT2D eigenvalue weighted by Gasteiger charge is 2.12. The molecular weight excluding hydrogens is 282 g/mol. The summed E-state index contributed by atoms with van der Waals surface area (Å²) in [5, 5.41) is 1.34. The monoisotopic (exact) mass is 295 g/mol. The van der Waals surface area contributed by atoms with Crippen molar-refractivity contribution in [1.29, 1.82) is 0 Å². The lowest BCUT2D eigenvalue weighted by atomic mass is 10.4. The van der Waals surface area contributed by atoms with Gasteiger partial charge in [-0.2, -0.15) is 4.98 Å². The first-order valence-electron chi connectivity index (χ1n) is 5.77. The van der Waals surface area contributed by atoms with Gasteiger partial charge in [-0.1, -0.05) is 29.4 Å². The average molecular weight is 296 g/mol. The molecule has 0 saturated carbocycles. The number of aromatic nitrogens is 2. The van der Waals surface area contributed by atoms with Gasteiger partial charge in [-0.3, -0.25) is 0 Å². The molecule has 1 heterocycles. The highest BCUT2D eigenvalue weighted by atomic mass is 35.5. The minimum absolute atomic E-state index is 0.0150. The normalized spacial score (nSPS) is 10.7. The van der Waals surface area contributed by atoms with Crippen LogP contribution in [0.15, 0.2) is 40.5 Å². The molecule has 19 heavy (non-hydrogen) atoms. The van der Waals surface area contributed by atoms with E-state index in [9.17, 15) is 0 Å². The van der Waals surface area contributed by atoms with E-state index in [1.807, 2.05) is 38.1 Å². The number of anilines is 1. The van der Waals surface area contributed by atoms with Gasteiger partial charge in [0, 0.05) is 9.92 Å². The zero-order chi connectivity index (χ0) is 13.8. The zero-order valence-electron chi connectivity index (χ0n) is 10.6. The van der Waals surface area contributed by atoms with Gasteiger partial charge in [0.15, 0.2) is 0 Å². The number of hydrogen-bond acceptors (Lipinski definition) is 5. The van der Waals surface area contributed by atoms with Gasteiger partial charge >= 0.3 is 0 Å². The van der Waals surface area contributed by atoms with E-state index in [2.05, 4.69) is 9.97 Å². The molecule has 0 saturated heterocycles. The Labute approximate surface area is 121 Å².